The monoisotopic (exact) mass is 313 g/mol. The van der Waals surface area contributed by atoms with Gasteiger partial charge in [0.05, 0.1) is 12.1 Å². The SMILES string of the molecule is CC(C)(C)C(=O)CNC(=O)c1cc(Br)ccc1O. The second kappa shape index (κ2) is 5.52. The number of ketones is 1. The van der Waals surface area contributed by atoms with E-state index in [9.17, 15) is 14.7 Å². The number of phenolic OH excluding ortho intramolecular Hbond substituents is 1. The van der Waals surface area contributed by atoms with E-state index < -0.39 is 11.3 Å². The number of hydrogen-bond acceptors (Lipinski definition) is 3. The van der Waals surface area contributed by atoms with Crippen molar-refractivity contribution in [1.82, 2.24) is 5.32 Å². The minimum atomic E-state index is -0.493. The summed E-state index contributed by atoms with van der Waals surface area (Å²) in [6, 6.07) is 4.56. The van der Waals surface area contributed by atoms with Crippen LogP contribution in [0.4, 0.5) is 0 Å². The van der Waals surface area contributed by atoms with Gasteiger partial charge in [-0.05, 0) is 18.2 Å². The zero-order valence-electron chi connectivity index (χ0n) is 10.6. The van der Waals surface area contributed by atoms with Gasteiger partial charge in [-0.25, -0.2) is 0 Å². The highest BCUT2D eigenvalue weighted by Crippen LogP contribution is 2.21. The Morgan fingerprint density at radius 3 is 2.50 bits per heavy atom. The number of aromatic hydroxyl groups is 1. The fourth-order valence-electron chi connectivity index (χ4n) is 1.21. The van der Waals surface area contributed by atoms with Crippen LogP contribution in [0.25, 0.3) is 0 Å². The van der Waals surface area contributed by atoms with Crippen molar-refractivity contribution in [2.45, 2.75) is 20.8 Å². The number of Topliss-reactive ketones (excluding diaryl/α,β-unsaturated/α-hetero) is 1. The smallest absolute Gasteiger partial charge is 0.255 e. The number of nitrogens with one attached hydrogen (secondary N) is 1. The lowest BCUT2D eigenvalue weighted by Gasteiger charge is -2.16. The average Bonchev–Trinajstić information content (AvgIpc) is 2.27. The van der Waals surface area contributed by atoms with E-state index in [1.807, 2.05) is 0 Å². The molecule has 0 aliphatic heterocycles. The maximum Gasteiger partial charge on any atom is 0.255 e. The van der Waals surface area contributed by atoms with Crippen LogP contribution in [0.5, 0.6) is 5.75 Å². The molecule has 1 aromatic carbocycles. The summed E-state index contributed by atoms with van der Waals surface area (Å²) in [6.45, 7) is 5.32. The van der Waals surface area contributed by atoms with Gasteiger partial charge in [-0.3, -0.25) is 9.59 Å². The predicted octanol–water partition coefficient (Wildman–Crippen LogP) is 2.50. The summed E-state index contributed by atoms with van der Waals surface area (Å²) in [6.07, 6.45) is 0. The Morgan fingerprint density at radius 1 is 1.33 bits per heavy atom. The van der Waals surface area contributed by atoms with E-state index in [4.69, 9.17) is 0 Å². The number of carbonyl (C=O) groups is 2. The van der Waals surface area contributed by atoms with Crippen LogP contribution >= 0.6 is 15.9 Å². The second-order valence-corrected chi connectivity index (χ2v) is 5.93. The van der Waals surface area contributed by atoms with E-state index in [0.717, 1.165) is 0 Å². The van der Waals surface area contributed by atoms with Crippen LogP contribution in [0.15, 0.2) is 22.7 Å². The van der Waals surface area contributed by atoms with Crippen LogP contribution in [0.2, 0.25) is 0 Å². The lowest BCUT2D eigenvalue weighted by molar-refractivity contribution is -0.125. The molecule has 0 aliphatic rings. The first-order valence-corrected chi connectivity index (χ1v) is 6.31. The van der Waals surface area contributed by atoms with Gasteiger partial charge in [0, 0.05) is 9.89 Å². The van der Waals surface area contributed by atoms with E-state index in [1.54, 1.807) is 26.8 Å². The lowest BCUT2D eigenvalue weighted by Crippen LogP contribution is -2.35. The molecule has 0 aliphatic carbocycles. The topological polar surface area (TPSA) is 66.4 Å². The van der Waals surface area contributed by atoms with E-state index in [2.05, 4.69) is 21.2 Å². The molecule has 4 nitrogen and oxygen atoms in total. The van der Waals surface area contributed by atoms with Crippen molar-refractivity contribution in [2.24, 2.45) is 5.41 Å². The van der Waals surface area contributed by atoms with Crippen molar-refractivity contribution in [3.05, 3.63) is 28.2 Å². The molecule has 2 N–H and O–H groups in total. The van der Waals surface area contributed by atoms with Crippen LogP contribution in [0.3, 0.4) is 0 Å². The molecule has 0 fully saturated rings. The third-order valence-electron chi connectivity index (χ3n) is 2.45. The van der Waals surface area contributed by atoms with Crippen molar-refractivity contribution >= 4 is 27.6 Å². The molecule has 0 aromatic heterocycles. The van der Waals surface area contributed by atoms with Gasteiger partial charge >= 0.3 is 0 Å². The Labute approximate surface area is 115 Å². The number of carbonyl (C=O) groups excluding carboxylic acids is 2. The lowest BCUT2D eigenvalue weighted by atomic mass is 9.91. The molecule has 0 saturated carbocycles. The zero-order chi connectivity index (χ0) is 13.9. The van der Waals surface area contributed by atoms with E-state index >= 15 is 0 Å². The van der Waals surface area contributed by atoms with Gasteiger partial charge in [0.25, 0.3) is 5.91 Å². The van der Waals surface area contributed by atoms with Gasteiger partial charge in [-0.15, -0.1) is 0 Å². The molecule has 0 atom stereocenters. The summed E-state index contributed by atoms with van der Waals surface area (Å²) in [5.41, 5.74) is -0.349. The van der Waals surface area contributed by atoms with Crippen molar-refractivity contribution < 1.29 is 14.7 Å². The van der Waals surface area contributed by atoms with Gasteiger partial charge in [0.1, 0.15) is 5.75 Å². The third kappa shape index (κ3) is 3.84. The first-order valence-electron chi connectivity index (χ1n) is 5.52. The molecule has 1 rings (SSSR count). The maximum absolute atomic E-state index is 11.8. The molecule has 0 bridgehead atoms. The van der Waals surface area contributed by atoms with Crippen LogP contribution in [-0.2, 0) is 4.79 Å². The number of hydrogen-bond donors (Lipinski definition) is 2. The molecule has 0 radical (unpaired) electrons. The number of rotatable bonds is 3. The molecule has 1 amide bonds. The van der Waals surface area contributed by atoms with E-state index in [-0.39, 0.29) is 23.6 Å². The molecular weight excluding hydrogens is 298 g/mol. The van der Waals surface area contributed by atoms with Gasteiger partial charge in [0.2, 0.25) is 0 Å². The third-order valence-corrected chi connectivity index (χ3v) is 2.94. The highest BCUT2D eigenvalue weighted by atomic mass is 79.9. The molecule has 0 unspecified atom stereocenters. The van der Waals surface area contributed by atoms with Gasteiger partial charge in [-0.1, -0.05) is 36.7 Å². The molecule has 18 heavy (non-hydrogen) atoms. The first kappa shape index (κ1) is 14.7. The quantitative estimate of drug-likeness (QED) is 0.901. The molecule has 1 aromatic rings. The normalized spacial score (nSPS) is 11.1. The Bertz CT molecular complexity index is 478. The fourth-order valence-corrected chi connectivity index (χ4v) is 1.57. The molecule has 5 heteroatoms. The summed E-state index contributed by atoms with van der Waals surface area (Å²) in [5, 5.41) is 12.1. The minimum absolute atomic E-state index is 0.0473. The Hall–Kier alpha value is -1.36. The standard InChI is InChI=1S/C13H16BrNO3/c1-13(2,3)11(17)7-15-12(18)9-6-8(14)4-5-10(9)16/h4-6,16H,7H2,1-3H3,(H,15,18). The summed E-state index contributed by atoms with van der Waals surface area (Å²) < 4.78 is 0.688. The fraction of sp³-hybridized carbons (Fsp3) is 0.385. The van der Waals surface area contributed by atoms with Crippen molar-refractivity contribution in [1.29, 1.82) is 0 Å². The summed E-state index contributed by atoms with van der Waals surface area (Å²) in [5.74, 6) is -0.643. The van der Waals surface area contributed by atoms with Crippen LogP contribution in [0, 0.1) is 5.41 Å². The zero-order valence-corrected chi connectivity index (χ0v) is 12.2. The predicted molar refractivity (Wildman–Crippen MR) is 72.6 cm³/mol. The van der Waals surface area contributed by atoms with Gasteiger partial charge < -0.3 is 10.4 Å². The largest absolute Gasteiger partial charge is 0.507 e. The van der Waals surface area contributed by atoms with Gasteiger partial charge in [0.15, 0.2) is 5.78 Å². The maximum atomic E-state index is 11.8. The summed E-state index contributed by atoms with van der Waals surface area (Å²) in [7, 11) is 0. The Kier molecular flexibility index (Phi) is 4.51. The highest BCUT2D eigenvalue weighted by molar-refractivity contribution is 9.10. The number of phenols is 1. The van der Waals surface area contributed by atoms with Crippen LogP contribution in [-0.4, -0.2) is 23.3 Å². The Morgan fingerprint density at radius 2 is 1.94 bits per heavy atom. The number of halogens is 1. The second-order valence-electron chi connectivity index (χ2n) is 5.02. The summed E-state index contributed by atoms with van der Waals surface area (Å²) in [4.78, 5) is 23.5. The first-order chi connectivity index (χ1) is 8.21. The molecular formula is C13H16BrNO3. The Balaban J connectivity index is 2.72. The molecule has 0 saturated heterocycles. The number of amides is 1. The van der Waals surface area contributed by atoms with Crippen molar-refractivity contribution in [3.8, 4) is 5.75 Å². The molecule has 0 spiro atoms. The van der Waals surface area contributed by atoms with Crippen LogP contribution in [0.1, 0.15) is 31.1 Å². The van der Waals surface area contributed by atoms with E-state index in [1.165, 1.54) is 12.1 Å². The minimum Gasteiger partial charge on any atom is -0.507 e. The highest BCUT2D eigenvalue weighted by Gasteiger charge is 2.22. The van der Waals surface area contributed by atoms with Crippen molar-refractivity contribution in [2.75, 3.05) is 6.54 Å². The molecule has 0 heterocycles. The van der Waals surface area contributed by atoms with E-state index in [0.29, 0.717) is 4.47 Å². The van der Waals surface area contributed by atoms with Gasteiger partial charge in [-0.2, -0.15) is 0 Å². The van der Waals surface area contributed by atoms with Crippen LogP contribution < -0.4 is 5.32 Å². The number of benzene rings is 1. The average molecular weight is 314 g/mol. The summed E-state index contributed by atoms with van der Waals surface area (Å²) >= 11 is 3.22. The molecule has 98 valence electrons. The van der Waals surface area contributed by atoms with Crippen molar-refractivity contribution in [3.63, 3.8) is 0 Å².